The van der Waals surface area contributed by atoms with Crippen molar-refractivity contribution in [2.45, 2.75) is 33.2 Å². The number of carboxylic acid groups (broad SMARTS) is 1. The summed E-state index contributed by atoms with van der Waals surface area (Å²) in [5, 5.41) is 9.42. The molecule has 1 aliphatic heterocycles. The molecule has 0 bridgehead atoms. The molecule has 1 fully saturated rings. The van der Waals surface area contributed by atoms with Gasteiger partial charge in [0.2, 0.25) is 5.91 Å². The van der Waals surface area contributed by atoms with E-state index in [-0.39, 0.29) is 23.8 Å². The molecule has 1 N–H and O–H groups in total. The lowest BCUT2D eigenvalue weighted by atomic mass is 9.84. The van der Waals surface area contributed by atoms with Crippen LogP contribution >= 0.6 is 15.9 Å². The molecule has 7 heteroatoms. The van der Waals surface area contributed by atoms with Crippen molar-refractivity contribution in [3.63, 3.8) is 0 Å². The van der Waals surface area contributed by atoms with Crippen LogP contribution in [-0.2, 0) is 11.2 Å². The highest BCUT2D eigenvalue weighted by Gasteiger charge is 2.39. The second-order valence-corrected chi connectivity index (χ2v) is 8.20. The molecule has 2 amide bonds. The zero-order chi connectivity index (χ0) is 18.8. The number of ether oxygens (including phenoxy) is 1. The second-order valence-electron chi connectivity index (χ2n) is 7.34. The number of rotatable bonds is 3. The summed E-state index contributed by atoms with van der Waals surface area (Å²) in [7, 11) is 1.60. The number of carbonyl (C=O) groups is 2. The molecule has 6 nitrogen and oxygen atoms in total. The van der Waals surface area contributed by atoms with Crippen LogP contribution in [0.25, 0.3) is 0 Å². The van der Waals surface area contributed by atoms with Gasteiger partial charge in [0.05, 0.1) is 24.0 Å². The Bertz CT molecular complexity index is 657. The molecule has 0 spiro atoms. The Morgan fingerprint density at radius 1 is 1.32 bits per heavy atom. The number of benzene rings is 1. The summed E-state index contributed by atoms with van der Waals surface area (Å²) in [6, 6.07) is 5.36. The minimum Gasteiger partial charge on any atom is -0.496 e. The molecule has 2 rings (SSSR count). The van der Waals surface area contributed by atoms with Crippen LogP contribution < -0.4 is 4.74 Å². The molecule has 1 aliphatic rings. The van der Waals surface area contributed by atoms with Gasteiger partial charge in [0, 0.05) is 19.6 Å². The van der Waals surface area contributed by atoms with E-state index in [0.717, 1.165) is 15.8 Å². The molecule has 0 saturated carbocycles. The zero-order valence-electron chi connectivity index (χ0n) is 15.1. The average molecular weight is 413 g/mol. The van der Waals surface area contributed by atoms with Crippen LogP contribution in [0.5, 0.6) is 5.75 Å². The first-order valence-corrected chi connectivity index (χ1v) is 9.02. The van der Waals surface area contributed by atoms with Crippen LogP contribution in [0.4, 0.5) is 4.79 Å². The van der Waals surface area contributed by atoms with E-state index in [4.69, 9.17) is 4.74 Å². The van der Waals surface area contributed by atoms with E-state index < -0.39 is 6.09 Å². The van der Waals surface area contributed by atoms with Gasteiger partial charge in [0.25, 0.3) is 0 Å². The summed E-state index contributed by atoms with van der Waals surface area (Å²) in [5.41, 5.74) is 0.658. The van der Waals surface area contributed by atoms with Crippen molar-refractivity contribution in [3.8, 4) is 5.75 Å². The smallest absolute Gasteiger partial charge is 0.407 e. The number of methoxy groups -OCH3 is 1. The van der Waals surface area contributed by atoms with E-state index in [0.29, 0.717) is 19.6 Å². The summed E-state index contributed by atoms with van der Waals surface area (Å²) < 4.78 is 6.01. The fourth-order valence-electron chi connectivity index (χ4n) is 3.09. The van der Waals surface area contributed by atoms with Gasteiger partial charge < -0.3 is 19.6 Å². The monoisotopic (exact) mass is 412 g/mol. The minimum atomic E-state index is -0.925. The van der Waals surface area contributed by atoms with E-state index in [2.05, 4.69) is 15.9 Å². The summed E-state index contributed by atoms with van der Waals surface area (Å²) in [4.78, 5) is 27.4. The highest BCUT2D eigenvalue weighted by molar-refractivity contribution is 9.10. The Morgan fingerprint density at radius 3 is 2.52 bits per heavy atom. The highest BCUT2D eigenvalue weighted by atomic mass is 79.9. The Kier molecular flexibility index (Phi) is 5.98. The summed E-state index contributed by atoms with van der Waals surface area (Å²) in [5.74, 6) is 0.732. The van der Waals surface area contributed by atoms with Crippen LogP contribution in [0.15, 0.2) is 22.7 Å². The van der Waals surface area contributed by atoms with Gasteiger partial charge in [0.15, 0.2) is 0 Å². The average Bonchev–Trinajstić information content (AvgIpc) is 2.53. The number of hydrogen-bond donors (Lipinski definition) is 1. The van der Waals surface area contributed by atoms with E-state index in [1.54, 1.807) is 12.0 Å². The van der Waals surface area contributed by atoms with Crippen LogP contribution in [0, 0.1) is 5.41 Å². The molecule has 1 atom stereocenters. The van der Waals surface area contributed by atoms with Crippen molar-refractivity contribution >= 4 is 27.9 Å². The standard InChI is InChI=1S/C18H25BrN2O4/c1-18(2,3)15-11-20(7-8-21(15)17(23)24)16(22)10-12-5-6-14(25-4)13(19)9-12/h5-6,9,15H,7-8,10-11H2,1-4H3,(H,23,24). The lowest BCUT2D eigenvalue weighted by Crippen LogP contribution is -2.60. The first kappa shape index (κ1) is 19.6. The zero-order valence-corrected chi connectivity index (χ0v) is 16.7. The van der Waals surface area contributed by atoms with Crippen LogP contribution in [-0.4, -0.2) is 59.7 Å². The Balaban J connectivity index is 2.09. The second kappa shape index (κ2) is 7.64. The molecule has 138 valence electrons. The number of amides is 2. The molecule has 1 unspecified atom stereocenters. The van der Waals surface area contributed by atoms with Gasteiger partial charge >= 0.3 is 6.09 Å². The number of piperazine rings is 1. The molecule has 1 aromatic rings. The predicted molar refractivity (Wildman–Crippen MR) is 99.0 cm³/mol. The molecule has 0 aromatic heterocycles. The SMILES string of the molecule is COc1ccc(CC(=O)N2CCN(C(=O)O)C(C(C)(C)C)C2)cc1Br. The molecule has 25 heavy (non-hydrogen) atoms. The normalized spacial score (nSPS) is 18.2. The molecular weight excluding hydrogens is 388 g/mol. The predicted octanol–water partition coefficient (Wildman–Crippen LogP) is 3.24. The molecular formula is C18H25BrN2O4. The van der Waals surface area contributed by atoms with Crippen molar-refractivity contribution in [1.29, 1.82) is 0 Å². The van der Waals surface area contributed by atoms with Gasteiger partial charge in [-0.1, -0.05) is 26.8 Å². The lowest BCUT2D eigenvalue weighted by molar-refractivity contribution is -0.134. The minimum absolute atomic E-state index is 0.0105. The molecule has 0 aliphatic carbocycles. The van der Waals surface area contributed by atoms with Crippen molar-refractivity contribution in [3.05, 3.63) is 28.2 Å². The largest absolute Gasteiger partial charge is 0.496 e. The van der Waals surface area contributed by atoms with Gasteiger partial charge in [-0.15, -0.1) is 0 Å². The van der Waals surface area contributed by atoms with E-state index >= 15 is 0 Å². The van der Waals surface area contributed by atoms with E-state index in [1.807, 2.05) is 39.0 Å². The Hall–Kier alpha value is -1.76. The maximum absolute atomic E-state index is 12.7. The number of hydrogen-bond acceptors (Lipinski definition) is 3. The third-order valence-electron chi connectivity index (χ3n) is 4.55. The summed E-state index contributed by atoms with van der Waals surface area (Å²) in [6.45, 7) is 7.20. The Labute approximate surface area is 156 Å². The van der Waals surface area contributed by atoms with E-state index in [9.17, 15) is 14.7 Å². The first-order valence-electron chi connectivity index (χ1n) is 8.23. The third-order valence-corrected chi connectivity index (χ3v) is 5.17. The molecule has 0 radical (unpaired) electrons. The van der Waals surface area contributed by atoms with Crippen molar-refractivity contribution in [2.24, 2.45) is 5.41 Å². The van der Waals surface area contributed by atoms with Crippen molar-refractivity contribution in [1.82, 2.24) is 9.80 Å². The fourth-order valence-corrected chi connectivity index (χ4v) is 3.67. The fraction of sp³-hybridized carbons (Fsp3) is 0.556. The molecule has 1 saturated heterocycles. The van der Waals surface area contributed by atoms with Gasteiger partial charge in [0.1, 0.15) is 5.75 Å². The highest BCUT2D eigenvalue weighted by Crippen LogP contribution is 2.29. The number of nitrogens with zero attached hydrogens (tertiary/aromatic N) is 2. The summed E-state index contributed by atoms with van der Waals surface area (Å²) >= 11 is 3.43. The molecule has 1 aromatic carbocycles. The van der Waals surface area contributed by atoms with Gasteiger partial charge in [-0.25, -0.2) is 4.79 Å². The van der Waals surface area contributed by atoms with Crippen LogP contribution in [0.1, 0.15) is 26.3 Å². The number of carbonyl (C=O) groups excluding carboxylic acids is 1. The van der Waals surface area contributed by atoms with Gasteiger partial charge in [-0.3, -0.25) is 4.79 Å². The third kappa shape index (κ3) is 4.66. The van der Waals surface area contributed by atoms with Crippen molar-refractivity contribution < 1.29 is 19.4 Å². The maximum atomic E-state index is 12.7. The summed E-state index contributed by atoms with van der Waals surface area (Å²) in [6.07, 6.45) is -0.641. The van der Waals surface area contributed by atoms with Crippen LogP contribution in [0.2, 0.25) is 0 Å². The maximum Gasteiger partial charge on any atom is 0.407 e. The quantitative estimate of drug-likeness (QED) is 0.826. The van der Waals surface area contributed by atoms with Gasteiger partial charge in [-0.2, -0.15) is 0 Å². The van der Waals surface area contributed by atoms with Crippen molar-refractivity contribution in [2.75, 3.05) is 26.7 Å². The van der Waals surface area contributed by atoms with Gasteiger partial charge in [-0.05, 0) is 39.0 Å². The molecule has 1 heterocycles. The topological polar surface area (TPSA) is 70.1 Å². The Morgan fingerprint density at radius 2 is 2.00 bits per heavy atom. The lowest BCUT2D eigenvalue weighted by Gasteiger charge is -2.46. The first-order chi connectivity index (χ1) is 11.6. The van der Waals surface area contributed by atoms with E-state index in [1.165, 1.54) is 4.90 Å². The number of halogens is 1. The van der Waals surface area contributed by atoms with Crippen LogP contribution in [0.3, 0.4) is 0 Å².